The van der Waals surface area contributed by atoms with Gasteiger partial charge >= 0.3 is 0 Å². The molecule has 1 aliphatic rings. The maximum absolute atomic E-state index is 12.3. The van der Waals surface area contributed by atoms with Gasteiger partial charge in [-0.05, 0) is 24.1 Å². The molecule has 2 amide bonds. The number of methoxy groups -OCH3 is 1. The van der Waals surface area contributed by atoms with Crippen molar-refractivity contribution >= 4 is 11.8 Å². The molecule has 3 N–H and O–H groups in total. The second kappa shape index (κ2) is 6.03. The van der Waals surface area contributed by atoms with Crippen LogP contribution >= 0.6 is 0 Å². The maximum atomic E-state index is 12.3. The van der Waals surface area contributed by atoms with Gasteiger partial charge in [-0.1, -0.05) is 12.1 Å². The summed E-state index contributed by atoms with van der Waals surface area (Å²) in [6.07, 6.45) is -1.17. The molecule has 7 nitrogen and oxygen atoms in total. The van der Waals surface area contributed by atoms with Crippen molar-refractivity contribution in [1.82, 2.24) is 4.90 Å². The van der Waals surface area contributed by atoms with E-state index >= 15 is 0 Å². The second-order valence-corrected chi connectivity index (χ2v) is 5.24. The first-order valence-electron chi connectivity index (χ1n) is 6.75. The van der Waals surface area contributed by atoms with Crippen molar-refractivity contribution in [3.05, 3.63) is 29.8 Å². The number of aliphatic hydroxyl groups excluding tert-OH is 1. The number of amides is 2. The zero-order chi connectivity index (χ0) is 16.3. The van der Waals surface area contributed by atoms with Crippen LogP contribution < -0.4 is 10.5 Å². The highest BCUT2D eigenvalue weighted by molar-refractivity contribution is 5.88. The van der Waals surface area contributed by atoms with E-state index in [4.69, 9.17) is 15.7 Å². The fourth-order valence-corrected chi connectivity index (χ4v) is 2.45. The van der Waals surface area contributed by atoms with Crippen LogP contribution in [0, 0.1) is 16.7 Å². The summed E-state index contributed by atoms with van der Waals surface area (Å²) in [5, 5.41) is 19.3. The normalized spacial score (nSPS) is 22.0. The highest BCUT2D eigenvalue weighted by atomic mass is 16.5. The summed E-state index contributed by atoms with van der Waals surface area (Å²) in [4.78, 5) is 25.0. The lowest BCUT2D eigenvalue weighted by Crippen LogP contribution is -2.41. The van der Waals surface area contributed by atoms with Crippen LogP contribution in [0.3, 0.4) is 0 Å². The number of hydrogen-bond donors (Lipinski definition) is 2. The number of carbonyl (C=O) groups is 2. The van der Waals surface area contributed by atoms with Crippen molar-refractivity contribution in [2.75, 3.05) is 20.2 Å². The lowest BCUT2D eigenvalue weighted by atomic mass is 9.88. The SMILES string of the molecule is COc1ccc([C@H](O)C(=O)N2CCC(C#N)(C(N)=O)C2)cc1. The van der Waals surface area contributed by atoms with E-state index in [1.807, 2.05) is 6.07 Å². The third kappa shape index (κ3) is 2.73. The molecule has 1 aromatic carbocycles. The first-order chi connectivity index (χ1) is 10.4. The van der Waals surface area contributed by atoms with Gasteiger partial charge in [-0.15, -0.1) is 0 Å². The van der Waals surface area contributed by atoms with Crippen LogP contribution in [0.15, 0.2) is 24.3 Å². The monoisotopic (exact) mass is 303 g/mol. The molecule has 0 aromatic heterocycles. The Morgan fingerprint density at radius 3 is 2.55 bits per heavy atom. The minimum absolute atomic E-state index is 0.0924. The van der Waals surface area contributed by atoms with E-state index < -0.39 is 23.3 Å². The number of likely N-dealkylation sites (tertiary alicyclic amines) is 1. The van der Waals surface area contributed by atoms with Gasteiger partial charge in [0.25, 0.3) is 5.91 Å². The molecule has 0 aliphatic carbocycles. The van der Waals surface area contributed by atoms with Crippen molar-refractivity contribution in [3.63, 3.8) is 0 Å². The van der Waals surface area contributed by atoms with Crippen molar-refractivity contribution in [3.8, 4) is 11.8 Å². The topological polar surface area (TPSA) is 117 Å². The maximum Gasteiger partial charge on any atom is 0.256 e. The number of ether oxygens (including phenoxy) is 1. The fourth-order valence-electron chi connectivity index (χ4n) is 2.45. The molecule has 1 aliphatic heterocycles. The zero-order valence-corrected chi connectivity index (χ0v) is 12.2. The second-order valence-electron chi connectivity index (χ2n) is 5.24. The Labute approximate surface area is 127 Å². The van der Waals surface area contributed by atoms with Crippen LogP contribution in [0.4, 0.5) is 0 Å². The zero-order valence-electron chi connectivity index (χ0n) is 12.2. The number of nitrogens with two attached hydrogens (primary N) is 1. The van der Waals surface area contributed by atoms with E-state index in [9.17, 15) is 14.7 Å². The van der Waals surface area contributed by atoms with Crippen LogP contribution in [0.25, 0.3) is 0 Å². The van der Waals surface area contributed by atoms with Crippen molar-refractivity contribution in [2.24, 2.45) is 11.1 Å². The van der Waals surface area contributed by atoms with Crippen molar-refractivity contribution < 1.29 is 19.4 Å². The molecule has 2 rings (SSSR count). The van der Waals surface area contributed by atoms with Gasteiger partial charge in [0, 0.05) is 13.1 Å². The third-order valence-electron chi connectivity index (χ3n) is 3.93. The Kier molecular flexibility index (Phi) is 4.33. The molecular weight excluding hydrogens is 286 g/mol. The minimum Gasteiger partial charge on any atom is -0.497 e. The first kappa shape index (κ1) is 15.8. The largest absolute Gasteiger partial charge is 0.497 e. The quantitative estimate of drug-likeness (QED) is 0.809. The summed E-state index contributed by atoms with van der Waals surface area (Å²) in [7, 11) is 1.52. The molecule has 1 fully saturated rings. The Morgan fingerprint density at radius 2 is 2.09 bits per heavy atom. The van der Waals surface area contributed by atoms with Crippen LogP contribution in [0.2, 0.25) is 0 Å². The number of carbonyl (C=O) groups excluding carboxylic acids is 2. The van der Waals surface area contributed by atoms with Gasteiger partial charge in [-0.2, -0.15) is 5.26 Å². The van der Waals surface area contributed by atoms with E-state index in [1.165, 1.54) is 12.0 Å². The highest BCUT2D eigenvalue weighted by Gasteiger charge is 2.46. The summed E-state index contributed by atoms with van der Waals surface area (Å²) in [5.41, 5.74) is 4.30. The molecule has 1 heterocycles. The Balaban J connectivity index is 2.12. The number of benzene rings is 1. The number of primary amides is 1. The molecule has 1 aromatic rings. The summed E-state index contributed by atoms with van der Waals surface area (Å²) in [6.45, 7) is 0.118. The molecular formula is C15H17N3O4. The van der Waals surface area contributed by atoms with E-state index in [0.29, 0.717) is 11.3 Å². The van der Waals surface area contributed by atoms with Gasteiger partial charge in [0.2, 0.25) is 5.91 Å². The number of hydrogen-bond acceptors (Lipinski definition) is 5. The number of nitriles is 1. The molecule has 0 radical (unpaired) electrons. The number of nitrogens with zero attached hydrogens (tertiary/aromatic N) is 2. The molecule has 7 heteroatoms. The molecule has 0 bridgehead atoms. The predicted molar refractivity (Wildman–Crippen MR) is 76.4 cm³/mol. The summed E-state index contributed by atoms with van der Waals surface area (Å²) < 4.78 is 5.01. The molecule has 1 saturated heterocycles. The third-order valence-corrected chi connectivity index (χ3v) is 3.93. The van der Waals surface area contributed by atoms with Crippen molar-refractivity contribution in [1.29, 1.82) is 5.26 Å². The van der Waals surface area contributed by atoms with E-state index in [-0.39, 0.29) is 19.5 Å². The number of rotatable bonds is 4. The lowest BCUT2D eigenvalue weighted by Gasteiger charge is -2.22. The van der Waals surface area contributed by atoms with Crippen LogP contribution in [-0.4, -0.2) is 42.0 Å². The van der Waals surface area contributed by atoms with Gasteiger partial charge in [0.1, 0.15) is 5.75 Å². The Hall–Kier alpha value is -2.59. The molecule has 1 unspecified atom stereocenters. The minimum atomic E-state index is -1.37. The predicted octanol–water partition coefficient (Wildman–Crippen LogP) is -0.0438. The fraction of sp³-hybridized carbons (Fsp3) is 0.400. The first-order valence-corrected chi connectivity index (χ1v) is 6.75. The van der Waals surface area contributed by atoms with Gasteiger partial charge < -0.3 is 20.5 Å². The highest BCUT2D eigenvalue weighted by Crippen LogP contribution is 2.31. The summed E-state index contributed by atoms with van der Waals surface area (Å²) >= 11 is 0. The molecule has 0 saturated carbocycles. The van der Waals surface area contributed by atoms with Crippen LogP contribution in [-0.2, 0) is 9.59 Å². The summed E-state index contributed by atoms with van der Waals surface area (Å²) in [5.74, 6) is -0.686. The molecule has 22 heavy (non-hydrogen) atoms. The van der Waals surface area contributed by atoms with Crippen LogP contribution in [0.1, 0.15) is 18.1 Å². The standard InChI is InChI=1S/C15H17N3O4/c1-22-11-4-2-10(3-5-11)12(19)13(20)18-7-6-15(8-16,9-18)14(17)21/h2-5,12,19H,6-7,9H2,1H3,(H2,17,21)/t12-,15?/m0/s1. The van der Waals surface area contributed by atoms with Gasteiger partial charge in [0.05, 0.1) is 13.2 Å². The summed E-state index contributed by atoms with van der Waals surface area (Å²) in [6, 6.07) is 8.34. The average Bonchev–Trinajstić information content (AvgIpc) is 2.99. The lowest BCUT2D eigenvalue weighted by molar-refractivity contribution is -0.140. The van der Waals surface area contributed by atoms with E-state index in [2.05, 4.69) is 0 Å². The van der Waals surface area contributed by atoms with Gasteiger partial charge in [-0.25, -0.2) is 0 Å². The molecule has 0 spiro atoms. The Bertz CT molecular complexity index is 623. The van der Waals surface area contributed by atoms with E-state index in [0.717, 1.165) is 0 Å². The molecule has 116 valence electrons. The van der Waals surface area contributed by atoms with Crippen molar-refractivity contribution in [2.45, 2.75) is 12.5 Å². The average molecular weight is 303 g/mol. The van der Waals surface area contributed by atoms with E-state index in [1.54, 1.807) is 24.3 Å². The molecule has 2 atom stereocenters. The van der Waals surface area contributed by atoms with Crippen LogP contribution in [0.5, 0.6) is 5.75 Å². The van der Waals surface area contributed by atoms with Gasteiger partial charge in [0.15, 0.2) is 11.5 Å². The van der Waals surface area contributed by atoms with Gasteiger partial charge in [-0.3, -0.25) is 9.59 Å². The Morgan fingerprint density at radius 1 is 1.45 bits per heavy atom. The smallest absolute Gasteiger partial charge is 0.256 e. The number of aliphatic hydroxyl groups is 1.